The van der Waals surface area contributed by atoms with Gasteiger partial charge >= 0.3 is 0 Å². The van der Waals surface area contributed by atoms with Gasteiger partial charge in [-0.2, -0.15) is 9.97 Å². The molecule has 11 heterocycles. The van der Waals surface area contributed by atoms with Gasteiger partial charge in [0.05, 0.1) is 68.4 Å². The van der Waals surface area contributed by atoms with E-state index in [1.54, 1.807) is 0 Å². The average molecular weight is 1810 g/mol. The largest absolute Gasteiger partial charge is 0.436 e. The molecular weight excluding hydrogens is 1730 g/mol. The number of aromatic nitrogens is 10. The van der Waals surface area contributed by atoms with Crippen molar-refractivity contribution >= 4 is 218 Å². The van der Waals surface area contributed by atoms with E-state index in [1.807, 2.05) is 66.3 Å². The van der Waals surface area contributed by atoms with Crippen molar-refractivity contribution in [2.45, 2.75) is 0 Å². The Balaban J connectivity index is 0.000000101. The number of rotatable bonds is 9. The van der Waals surface area contributed by atoms with Gasteiger partial charge in [0, 0.05) is 113 Å². The van der Waals surface area contributed by atoms with E-state index in [4.69, 9.17) is 43.2 Å². The molecule has 0 spiro atoms. The molecule has 0 radical (unpaired) electrons. The van der Waals surface area contributed by atoms with Crippen molar-refractivity contribution in [1.29, 1.82) is 0 Å². The number of hydrogen-bond acceptors (Lipinski definition) is 10. The number of benzene rings is 20. The summed E-state index contributed by atoms with van der Waals surface area (Å²) in [6.45, 7) is 0. The Morgan fingerprint density at radius 1 is 0.200 bits per heavy atom. The fourth-order valence-corrected chi connectivity index (χ4v) is 22.9. The third-order valence-corrected chi connectivity index (χ3v) is 29.4. The second-order valence-corrected chi connectivity index (χ2v) is 37.0. The van der Waals surface area contributed by atoms with Crippen LogP contribution in [0.1, 0.15) is 0 Å². The maximum absolute atomic E-state index is 6.44. The Bertz CT molecular complexity index is 10600. The van der Waals surface area contributed by atoms with E-state index in [0.29, 0.717) is 17.1 Å². The van der Waals surface area contributed by atoms with Crippen molar-refractivity contribution in [2.75, 3.05) is 0 Å². The SMILES string of the molecule is c1cc(-c2ccc(-c3cccc4c3sc3ccccc34)cc2)cc(-c2cnc3c(n2)oc2c4ccccc4ccc32)c1.c1ccc(-n2c3ccccc3c3cc(-c4ccc5c(c4)c4ccccc4n5-c4cnc5c(n4)oc4c6ccccc6ccc54)ccc32)cc1.c1ccc(-n2c3ccccc3c3cc(-c4ccc5c6ccccc6n(-c6cnc7c(n6)oc6c8ccccc8ccc76)c5c4)ccc32)cc1. The first kappa shape index (κ1) is 78.7. The van der Waals surface area contributed by atoms with Crippen molar-refractivity contribution in [3.63, 3.8) is 0 Å². The van der Waals surface area contributed by atoms with Gasteiger partial charge in [-0.1, -0.05) is 309 Å². The third kappa shape index (κ3) is 12.5. The van der Waals surface area contributed by atoms with Gasteiger partial charge in [0.2, 0.25) is 17.1 Å². The highest BCUT2D eigenvalue weighted by Crippen LogP contribution is 2.47. The molecule has 0 unspecified atom stereocenters. The molecule has 0 saturated carbocycles. The third-order valence-electron chi connectivity index (χ3n) is 28.1. The highest BCUT2D eigenvalue weighted by atomic mass is 32.1. The van der Waals surface area contributed by atoms with Crippen LogP contribution in [0.4, 0.5) is 0 Å². The Morgan fingerprint density at radius 2 is 0.543 bits per heavy atom. The Morgan fingerprint density at radius 3 is 1.05 bits per heavy atom. The van der Waals surface area contributed by atoms with E-state index < -0.39 is 0 Å². The minimum Gasteiger partial charge on any atom is -0.436 e. The Kier molecular flexibility index (Phi) is 17.7. The Hall–Kier alpha value is -18.8. The van der Waals surface area contributed by atoms with Crippen molar-refractivity contribution in [1.82, 2.24) is 48.2 Å². The summed E-state index contributed by atoms with van der Waals surface area (Å²) in [5.41, 5.74) is 29.1. The molecule has 0 aliphatic rings. The molecule has 0 aliphatic carbocycles. The van der Waals surface area contributed by atoms with E-state index in [1.165, 1.54) is 102 Å². The van der Waals surface area contributed by atoms with Crippen LogP contribution < -0.4 is 0 Å². The number of hydrogen-bond donors (Lipinski definition) is 0. The molecule has 31 rings (SSSR count). The summed E-state index contributed by atoms with van der Waals surface area (Å²) in [7, 11) is 0. The van der Waals surface area contributed by atoms with Gasteiger partial charge < -0.3 is 22.4 Å². The van der Waals surface area contributed by atoms with Gasteiger partial charge in [-0.05, 0) is 182 Å². The zero-order valence-electron chi connectivity index (χ0n) is 74.8. The number of furan rings is 3. The van der Waals surface area contributed by atoms with Gasteiger partial charge in [-0.25, -0.2) is 19.9 Å². The van der Waals surface area contributed by atoms with Crippen molar-refractivity contribution in [3.8, 4) is 78.8 Å². The molecule has 0 saturated heterocycles. The predicted molar refractivity (Wildman–Crippen MR) is 578 cm³/mol. The van der Waals surface area contributed by atoms with E-state index in [-0.39, 0.29) is 0 Å². The summed E-state index contributed by atoms with van der Waals surface area (Å²) in [5, 5.41) is 21.8. The highest BCUT2D eigenvalue weighted by Gasteiger charge is 2.25. The maximum Gasteiger partial charge on any atom is 0.248 e. The molecule has 140 heavy (non-hydrogen) atoms. The molecule has 20 aromatic carbocycles. The predicted octanol–water partition coefficient (Wildman–Crippen LogP) is 33.7. The maximum atomic E-state index is 6.44. The number of fused-ring (bicyclic) bond motifs is 30. The first-order valence-corrected chi connectivity index (χ1v) is 47.8. The first-order valence-electron chi connectivity index (χ1n) is 47.0. The van der Waals surface area contributed by atoms with Gasteiger partial charge in [-0.3, -0.25) is 9.13 Å². The second kappa shape index (κ2) is 31.4. The van der Waals surface area contributed by atoms with Crippen molar-refractivity contribution in [3.05, 3.63) is 449 Å². The lowest BCUT2D eigenvalue weighted by molar-refractivity contribution is 0.654. The lowest BCUT2D eigenvalue weighted by atomic mass is 9.98. The lowest BCUT2D eigenvalue weighted by Gasteiger charge is -2.09. The molecule has 31 aromatic rings. The van der Waals surface area contributed by atoms with Crippen LogP contribution in [0.15, 0.2) is 463 Å². The van der Waals surface area contributed by atoms with Gasteiger partial charge in [0.15, 0.2) is 11.6 Å². The topological polar surface area (TPSA) is 136 Å². The zero-order chi connectivity index (χ0) is 91.7. The second-order valence-electron chi connectivity index (χ2n) is 35.9. The number of thiophene rings is 1. The summed E-state index contributed by atoms with van der Waals surface area (Å²) in [5.74, 6) is 1.45. The van der Waals surface area contributed by atoms with Crippen LogP contribution in [0, 0.1) is 0 Å². The summed E-state index contributed by atoms with van der Waals surface area (Å²) in [6, 6.07) is 153. The fourth-order valence-electron chi connectivity index (χ4n) is 21.6. The van der Waals surface area contributed by atoms with Crippen LogP contribution in [0.5, 0.6) is 0 Å². The molecule has 0 atom stereocenters. The number of para-hydroxylation sites is 6. The molecule has 14 heteroatoms. The van der Waals surface area contributed by atoms with Crippen LogP contribution in [0.25, 0.3) is 285 Å². The molecular formula is C126H74N10O3S. The van der Waals surface area contributed by atoms with Crippen LogP contribution in [-0.4, -0.2) is 48.2 Å². The average Bonchev–Trinajstić information content (AvgIpc) is 1.56. The lowest BCUT2D eigenvalue weighted by Crippen LogP contribution is -1.98. The highest BCUT2D eigenvalue weighted by molar-refractivity contribution is 7.26. The quantitative estimate of drug-likeness (QED) is 0.138. The van der Waals surface area contributed by atoms with Crippen LogP contribution in [0.3, 0.4) is 0 Å². The summed E-state index contributed by atoms with van der Waals surface area (Å²) >= 11 is 1.87. The molecule has 652 valence electrons. The normalized spacial score (nSPS) is 12.0. The van der Waals surface area contributed by atoms with Crippen LogP contribution in [0.2, 0.25) is 0 Å². The molecule has 0 N–H and O–H groups in total. The molecule has 11 aromatic heterocycles. The van der Waals surface area contributed by atoms with Gasteiger partial charge in [0.1, 0.15) is 33.3 Å². The molecule has 0 amide bonds. The molecule has 0 bridgehead atoms. The van der Waals surface area contributed by atoms with E-state index >= 15 is 0 Å². The number of nitrogens with zero attached hydrogens (tertiary/aromatic N) is 10. The summed E-state index contributed by atoms with van der Waals surface area (Å²) < 4.78 is 30.9. The van der Waals surface area contributed by atoms with E-state index in [2.05, 4.69) is 413 Å². The standard InChI is InChI=1S/2C44H26N4O.C38H22N2OS/c1-2-11-30(12-3-1)47-37-16-8-7-15-33(37)36-24-28(20-23-39(36)47)29-19-21-34-32-14-6-9-17-38(32)48(40(34)25-29)41-26-45-42-35-22-18-27-10-4-5-13-31(27)43(35)49-44(42)46-41;1-2-11-30(12-3-1)47-37-16-8-6-14-32(37)35-24-28(19-22-39(35)47)29-20-23-40-36(25-29)33-15-7-9-17-38(33)48(40)41-26-45-42-34-21-18-27-10-4-5-13-31(27)43(34)49-44(42)46-41;1-2-10-28-24(7-1)19-20-32-35-38(41-36(28)32)40-33(22-39-35)27-9-5-8-26(21-27)23-15-17-25(18-16-23)29-12-6-13-31-30-11-3-4-14-34(30)42-37(29)31/h2*1-26H;1-22H. The smallest absolute Gasteiger partial charge is 0.248 e. The van der Waals surface area contributed by atoms with E-state index in [0.717, 1.165) is 166 Å². The Labute approximate surface area is 801 Å². The fraction of sp³-hybridized carbons (Fsp3) is 0. The van der Waals surface area contributed by atoms with Gasteiger partial charge in [0.25, 0.3) is 0 Å². The molecule has 0 fully saturated rings. The minimum atomic E-state index is 0.534. The summed E-state index contributed by atoms with van der Waals surface area (Å²) in [6.07, 6.45) is 5.58. The van der Waals surface area contributed by atoms with Crippen LogP contribution in [-0.2, 0) is 0 Å². The molecule has 13 nitrogen and oxygen atoms in total. The van der Waals surface area contributed by atoms with Crippen molar-refractivity contribution in [2.24, 2.45) is 0 Å². The van der Waals surface area contributed by atoms with Crippen molar-refractivity contribution < 1.29 is 13.3 Å². The monoisotopic (exact) mass is 1810 g/mol. The van der Waals surface area contributed by atoms with E-state index in [9.17, 15) is 0 Å². The van der Waals surface area contributed by atoms with Gasteiger partial charge in [-0.15, -0.1) is 11.3 Å². The minimum absolute atomic E-state index is 0.534. The van der Waals surface area contributed by atoms with Crippen LogP contribution >= 0.6 is 11.3 Å². The first-order chi connectivity index (χ1) is 69.4. The summed E-state index contributed by atoms with van der Waals surface area (Å²) in [4.78, 5) is 29.7. The molecule has 0 aliphatic heterocycles. The zero-order valence-corrected chi connectivity index (χ0v) is 75.6.